The SMILES string of the molecule is C[C@H]1CC(=O)Nc2ccccc2N1C(=O)CSc1nnc(-c2ccccc2F)n1C. The average molecular weight is 425 g/mol. The van der Waals surface area contributed by atoms with E-state index < -0.39 is 0 Å². The van der Waals surface area contributed by atoms with Gasteiger partial charge in [0.2, 0.25) is 11.8 Å². The lowest BCUT2D eigenvalue weighted by Gasteiger charge is -2.27. The number of carbonyl (C=O) groups is 2. The van der Waals surface area contributed by atoms with E-state index in [1.807, 2.05) is 25.1 Å². The molecule has 0 bridgehead atoms. The molecule has 1 aliphatic rings. The number of hydrogen-bond acceptors (Lipinski definition) is 5. The van der Waals surface area contributed by atoms with E-state index in [0.29, 0.717) is 27.9 Å². The van der Waals surface area contributed by atoms with Crippen molar-refractivity contribution in [2.75, 3.05) is 16.0 Å². The zero-order valence-electron chi connectivity index (χ0n) is 16.5. The highest BCUT2D eigenvalue weighted by atomic mass is 32.2. The zero-order valence-corrected chi connectivity index (χ0v) is 17.3. The van der Waals surface area contributed by atoms with Crippen molar-refractivity contribution in [2.45, 2.75) is 24.5 Å². The number of hydrogen-bond donors (Lipinski definition) is 1. The lowest BCUT2D eigenvalue weighted by Crippen LogP contribution is -2.40. The highest BCUT2D eigenvalue weighted by Gasteiger charge is 2.29. The van der Waals surface area contributed by atoms with Crippen molar-refractivity contribution in [2.24, 2.45) is 7.05 Å². The minimum atomic E-state index is -0.382. The fraction of sp³-hybridized carbons (Fsp3) is 0.238. The first-order chi connectivity index (χ1) is 14.5. The zero-order chi connectivity index (χ0) is 21.3. The van der Waals surface area contributed by atoms with Crippen molar-refractivity contribution in [3.05, 3.63) is 54.3 Å². The van der Waals surface area contributed by atoms with Gasteiger partial charge in [-0.15, -0.1) is 10.2 Å². The molecule has 2 aromatic carbocycles. The van der Waals surface area contributed by atoms with Crippen LogP contribution in [0.1, 0.15) is 13.3 Å². The van der Waals surface area contributed by atoms with E-state index in [0.717, 1.165) is 0 Å². The van der Waals surface area contributed by atoms with Crippen LogP contribution in [-0.4, -0.2) is 38.4 Å². The summed E-state index contributed by atoms with van der Waals surface area (Å²) < 4.78 is 15.8. The van der Waals surface area contributed by atoms with E-state index >= 15 is 0 Å². The molecule has 0 unspecified atom stereocenters. The molecule has 1 aliphatic heterocycles. The molecule has 4 rings (SSSR count). The van der Waals surface area contributed by atoms with E-state index in [-0.39, 0.29) is 35.8 Å². The first-order valence-electron chi connectivity index (χ1n) is 9.43. The van der Waals surface area contributed by atoms with Gasteiger partial charge in [0.15, 0.2) is 11.0 Å². The van der Waals surface area contributed by atoms with Gasteiger partial charge in [-0.05, 0) is 31.2 Å². The second-order valence-corrected chi connectivity index (χ2v) is 7.96. The van der Waals surface area contributed by atoms with Gasteiger partial charge in [0.25, 0.3) is 0 Å². The quantitative estimate of drug-likeness (QED) is 0.648. The molecular formula is C21H20FN5O2S. The lowest BCUT2D eigenvalue weighted by atomic mass is 10.2. The Morgan fingerprint density at radius 1 is 1.20 bits per heavy atom. The molecule has 2 amide bonds. The van der Waals surface area contributed by atoms with Gasteiger partial charge in [-0.25, -0.2) is 4.39 Å². The van der Waals surface area contributed by atoms with E-state index in [9.17, 15) is 14.0 Å². The number of fused-ring (bicyclic) bond motifs is 1. The molecule has 9 heteroatoms. The van der Waals surface area contributed by atoms with Crippen LogP contribution in [0.2, 0.25) is 0 Å². The largest absolute Gasteiger partial charge is 0.324 e. The smallest absolute Gasteiger partial charge is 0.237 e. The van der Waals surface area contributed by atoms with Crippen molar-refractivity contribution in [3.63, 3.8) is 0 Å². The third kappa shape index (κ3) is 3.80. The average Bonchev–Trinajstić information content (AvgIpc) is 3.01. The summed E-state index contributed by atoms with van der Waals surface area (Å²) in [5, 5.41) is 11.6. The predicted molar refractivity (Wildman–Crippen MR) is 114 cm³/mol. The number of nitrogens with zero attached hydrogens (tertiary/aromatic N) is 4. The topological polar surface area (TPSA) is 80.1 Å². The van der Waals surface area contributed by atoms with E-state index in [1.165, 1.54) is 17.8 Å². The number of rotatable bonds is 4. The van der Waals surface area contributed by atoms with Crippen LogP contribution in [0.15, 0.2) is 53.7 Å². The van der Waals surface area contributed by atoms with Crippen LogP contribution >= 0.6 is 11.8 Å². The van der Waals surface area contributed by atoms with Crippen LogP contribution < -0.4 is 10.2 Å². The van der Waals surface area contributed by atoms with Crippen LogP contribution in [0, 0.1) is 5.82 Å². The Hall–Kier alpha value is -3.20. The summed E-state index contributed by atoms with van der Waals surface area (Å²) >= 11 is 1.22. The molecule has 7 nitrogen and oxygen atoms in total. The summed E-state index contributed by atoms with van der Waals surface area (Å²) in [5.74, 6) is -0.150. The molecule has 154 valence electrons. The second kappa shape index (κ2) is 8.27. The summed E-state index contributed by atoms with van der Waals surface area (Å²) in [4.78, 5) is 26.8. The Morgan fingerprint density at radius 3 is 2.73 bits per heavy atom. The van der Waals surface area contributed by atoms with Gasteiger partial charge in [-0.2, -0.15) is 0 Å². The Morgan fingerprint density at radius 2 is 1.93 bits per heavy atom. The molecule has 0 saturated carbocycles. The molecule has 0 fully saturated rings. The number of benzene rings is 2. The first kappa shape index (κ1) is 20.1. The maximum Gasteiger partial charge on any atom is 0.237 e. The van der Waals surface area contributed by atoms with Crippen molar-refractivity contribution in [1.82, 2.24) is 14.8 Å². The number of para-hydroxylation sites is 2. The third-order valence-electron chi connectivity index (χ3n) is 4.90. The van der Waals surface area contributed by atoms with Gasteiger partial charge in [0.1, 0.15) is 5.82 Å². The summed E-state index contributed by atoms with van der Waals surface area (Å²) in [6, 6.07) is 13.3. The first-order valence-corrected chi connectivity index (χ1v) is 10.4. The van der Waals surface area contributed by atoms with Crippen molar-refractivity contribution >= 4 is 35.0 Å². The van der Waals surface area contributed by atoms with Crippen molar-refractivity contribution < 1.29 is 14.0 Å². The second-order valence-electron chi connectivity index (χ2n) is 7.02. The minimum absolute atomic E-state index is 0.107. The molecule has 0 spiro atoms. The molecule has 0 aliphatic carbocycles. The third-order valence-corrected chi connectivity index (χ3v) is 5.91. The van der Waals surface area contributed by atoms with E-state index in [4.69, 9.17) is 0 Å². The molecule has 1 atom stereocenters. The van der Waals surface area contributed by atoms with Crippen LogP contribution in [0.3, 0.4) is 0 Å². The molecule has 1 N–H and O–H groups in total. The van der Waals surface area contributed by atoms with E-state index in [1.54, 1.807) is 40.8 Å². The molecule has 1 aromatic heterocycles. The van der Waals surface area contributed by atoms with Gasteiger partial charge in [0, 0.05) is 19.5 Å². The van der Waals surface area contributed by atoms with Crippen LogP contribution in [0.5, 0.6) is 0 Å². The molecule has 0 radical (unpaired) electrons. The molecular weight excluding hydrogens is 405 g/mol. The van der Waals surface area contributed by atoms with Gasteiger partial charge in [0.05, 0.1) is 22.7 Å². The Balaban J connectivity index is 1.54. The number of anilines is 2. The highest BCUT2D eigenvalue weighted by Crippen LogP contribution is 2.32. The fourth-order valence-electron chi connectivity index (χ4n) is 3.48. The van der Waals surface area contributed by atoms with Crippen molar-refractivity contribution in [1.29, 1.82) is 0 Å². The van der Waals surface area contributed by atoms with Crippen LogP contribution in [-0.2, 0) is 16.6 Å². The summed E-state index contributed by atoms with van der Waals surface area (Å²) in [7, 11) is 1.74. The fourth-order valence-corrected chi connectivity index (χ4v) is 4.25. The maximum atomic E-state index is 14.1. The Bertz CT molecular complexity index is 1120. The number of halogens is 1. The van der Waals surface area contributed by atoms with Gasteiger partial charge in [-0.3, -0.25) is 9.59 Å². The van der Waals surface area contributed by atoms with Crippen LogP contribution in [0.4, 0.5) is 15.8 Å². The minimum Gasteiger partial charge on any atom is -0.324 e. The number of nitrogens with one attached hydrogen (secondary N) is 1. The molecule has 3 aromatic rings. The monoisotopic (exact) mass is 425 g/mol. The lowest BCUT2D eigenvalue weighted by molar-refractivity contribution is -0.117. The highest BCUT2D eigenvalue weighted by molar-refractivity contribution is 7.99. The van der Waals surface area contributed by atoms with Gasteiger partial charge >= 0.3 is 0 Å². The van der Waals surface area contributed by atoms with Gasteiger partial charge in [-0.1, -0.05) is 36.0 Å². The van der Waals surface area contributed by atoms with Crippen molar-refractivity contribution in [3.8, 4) is 11.4 Å². The standard InChI is InChI=1S/C21H20FN5O2S/c1-13-11-18(28)23-16-9-5-6-10-17(16)27(13)19(29)12-30-21-25-24-20(26(21)2)14-7-3-4-8-15(14)22/h3-10,13H,11-12H2,1-2H3,(H,23,28)/t13-/m0/s1. The normalized spacial score (nSPS) is 16.0. The Labute approximate surface area is 177 Å². The van der Waals surface area contributed by atoms with Gasteiger partial charge < -0.3 is 14.8 Å². The number of thioether (sulfide) groups is 1. The summed E-state index contributed by atoms with van der Waals surface area (Å²) in [6.45, 7) is 1.85. The molecule has 0 saturated heterocycles. The number of aromatic nitrogens is 3. The number of amides is 2. The molecule has 2 heterocycles. The predicted octanol–water partition coefficient (Wildman–Crippen LogP) is 3.48. The van der Waals surface area contributed by atoms with Crippen LogP contribution in [0.25, 0.3) is 11.4 Å². The summed E-state index contributed by atoms with van der Waals surface area (Å²) in [6.07, 6.45) is 0.215. The summed E-state index contributed by atoms with van der Waals surface area (Å²) in [5.41, 5.74) is 1.64. The maximum absolute atomic E-state index is 14.1. The number of carbonyl (C=O) groups excluding carboxylic acids is 2. The van der Waals surface area contributed by atoms with E-state index in [2.05, 4.69) is 15.5 Å². The Kier molecular flexibility index (Phi) is 5.54. The molecule has 30 heavy (non-hydrogen) atoms.